The van der Waals surface area contributed by atoms with Gasteiger partial charge >= 0.3 is 0 Å². The van der Waals surface area contributed by atoms with Gasteiger partial charge in [-0.2, -0.15) is 5.26 Å². The van der Waals surface area contributed by atoms with Crippen molar-refractivity contribution < 1.29 is 9.18 Å². The maximum atomic E-state index is 13.7. The number of carbonyl (C=O) groups excluding carboxylic acids is 1. The standard InChI is InChI=1S/C15H17FN2O/c1-11-6-5-7-12(16)13(11)18-14(19)15(10-17)8-3-2-4-9-15/h5-7H,2-4,8-9H2,1H3,(H,18,19). The average Bonchev–Trinajstić information content (AvgIpc) is 2.43. The third-order valence-corrected chi connectivity index (χ3v) is 3.82. The number of halogens is 1. The van der Waals surface area contributed by atoms with E-state index < -0.39 is 11.2 Å². The van der Waals surface area contributed by atoms with Crippen molar-refractivity contribution in [3.63, 3.8) is 0 Å². The largest absolute Gasteiger partial charge is 0.322 e. The fourth-order valence-electron chi connectivity index (χ4n) is 2.57. The molecular weight excluding hydrogens is 243 g/mol. The second kappa shape index (κ2) is 5.40. The van der Waals surface area contributed by atoms with Gasteiger partial charge < -0.3 is 5.32 Å². The number of aryl methyl sites for hydroxylation is 1. The molecule has 0 bridgehead atoms. The Morgan fingerprint density at radius 1 is 1.37 bits per heavy atom. The Hall–Kier alpha value is -1.89. The maximum Gasteiger partial charge on any atom is 0.244 e. The quantitative estimate of drug-likeness (QED) is 0.884. The second-order valence-corrected chi connectivity index (χ2v) is 5.14. The highest BCUT2D eigenvalue weighted by molar-refractivity contribution is 5.97. The molecule has 1 saturated carbocycles. The molecule has 3 nitrogen and oxygen atoms in total. The molecule has 1 aliphatic carbocycles. The van der Waals surface area contributed by atoms with Crippen LogP contribution in [0.3, 0.4) is 0 Å². The SMILES string of the molecule is Cc1cccc(F)c1NC(=O)C1(C#N)CCCCC1. The lowest BCUT2D eigenvalue weighted by atomic mass is 9.74. The minimum absolute atomic E-state index is 0.188. The number of hydrogen-bond acceptors (Lipinski definition) is 2. The molecule has 1 aromatic rings. The number of anilines is 1. The molecule has 0 spiro atoms. The van der Waals surface area contributed by atoms with Crippen molar-refractivity contribution in [2.24, 2.45) is 5.41 Å². The third-order valence-electron chi connectivity index (χ3n) is 3.82. The van der Waals surface area contributed by atoms with Crippen LogP contribution in [0.15, 0.2) is 18.2 Å². The lowest BCUT2D eigenvalue weighted by Gasteiger charge is -2.29. The summed E-state index contributed by atoms with van der Waals surface area (Å²) >= 11 is 0. The van der Waals surface area contributed by atoms with Gasteiger partial charge in [0.1, 0.15) is 11.2 Å². The van der Waals surface area contributed by atoms with Gasteiger partial charge in [0.15, 0.2) is 0 Å². The van der Waals surface area contributed by atoms with E-state index in [0.717, 1.165) is 19.3 Å². The lowest BCUT2D eigenvalue weighted by molar-refractivity contribution is -0.124. The molecule has 0 aliphatic heterocycles. The van der Waals surface area contributed by atoms with Crippen molar-refractivity contribution in [2.45, 2.75) is 39.0 Å². The number of rotatable bonds is 2. The number of nitriles is 1. The summed E-state index contributed by atoms with van der Waals surface area (Å²) in [6.07, 6.45) is 3.91. The number of nitrogens with zero attached hydrogens (tertiary/aromatic N) is 1. The van der Waals surface area contributed by atoms with Gasteiger partial charge in [0.05, 0.1) is 11.8 Å². The van der Waals surface area contributed by atoms with Gasteiger partial charge in [-0.15, -0.1) is 0 Å². The van der Waals surface area contributed by atoms with Crippen LogP contribution in [0.25, 0.3) is 0 Å². The lowest BCUT2D eigenvalue weighted by Crippen LogP contribution is -2.37. The minimum atomic E-state index is -0.993. The van der Waals surface area contributed by atoms with E-state index in [-0.39, 0.29) is 11.6 Å². The van der Waals surface area contributed by atoms with Crippen LogP contribution in [0.4, 0.5) is 10.1 Å². The first kappa shape index (κ1) is 13.5. The van der Waals surface area contributed by atoms with Crippen molar-refractivity contribution in [3.8, 4) is 6.07 Å². The van der Waals surface area contributed by atoms with Crippen LogP contribution in [0, 0.1) is 29.5 Å². The first-order chi connectivity index (χ1) is 9.09. The van der Waals surface area contributed by atoms with Crippen LogP contribution in [-0.2, 0) is 4.79 Å². The van der Waals surface area contributed by atoms with Crippen LogP contribution >= 0.6 is 0 Å². The number of amides is 1. The molecule has 19 heavy (non-hydrogen) atoms. The normalized spacial score (nSPS) is 17.5. The molecule has 0 atom stereocenters. The second-order valence-electron chi connectivity index (χ2n) is 5.14. The molecular formula is C15H17FN2O. The molecule has 1 amide bonds. The summed E-state index contributed by atoms with van der Waals surface area (Å²) in [5.41, 5.74) is -0.141. The van der Waals surface area contributed by atoms with Gasteiger partial charge in [-0.05, 0) is 31.4 Å². The van der Waals surface area contributed by atoms with E-state index in [1.807, 2.05) is 0 Å². The highest BCUT2D eigenvalue weighted by Gasteiger charge is 2.40. The van der Waals surface area contributed by atoms with E-state index in [1.165, 1.54) is 6.07 Å². The van der Waals surface area contributed by atoms with Gasteiger partial charge in [0.2, 0.25) is 5.91 Å². The third kappa shape index (κ3) is 2.60. The topological polar surface area (TPSA) is 52.9 Å². The van der Waals surface area contributed by atoms with E-state index in [4.69, 9.17) is 0 Å². The number of carbonyl (C=O) groups is 1. The molecule has 2 rings (SSSR count). The zero-order valence-corrected chi connectivity index (χ0v) is 11.0. The first-order valence-corrected chi connectivity index (χ1v) is 6.57. The maximum absolute atomic E-state index is 13.7. The molecule has 1 aliphatic rings. The van der Waals surface area contributed by atoms with Crippen molar-refractivity contribution in [2.75, 3.05) is 5.32 Å². The Kier molecular flexibility index (Phi) is 3.84. The zero-order valence-electron chi connectivity index (χ0n) is 11.0. The fraction of sp³-hybridized carbons (Fsp3) is 0.467. The Labute approximate surface area is 112 Å². The Morgan fingerprint density at radius 2 is 2.05 bits per heavy atom. The predicted molar refractivity (Wildman–Crippen MR) is 70.9 cm³/mol. The van der Waals surface area contributed by atoms with Crippen molar-refractivity contribution >= 4 is 11.6 Å². The minimum Gasteiger partial charge on any atom is -0.322 e. The van der Waals surface area contributed by atoms with E-state index in [2.05, 4.69) is 11.4 Å². The molecule has 4 heteroatoms. The molecule has 1 N–H and O–H groups in total. The van der Waals surface area contributed by atoms with Crippen molar-refractivity contribution in [1.29, 1.82) is 5.26 Å². The van der Waals surface area contributed by atoms with E-state index in [9.17, 15) is 14.4 Å². The van der Waals surface area contributed by atoms with Gasteiger partial charge in [-0.25, -0.2) is 4.39 Å². The summed E-state index contributed by atoms with van der Waals surface area (Å²) in [4.78, 5) is 12.3. The van der Waals surface area contributed by atoms with Gasteiger partial charge in [-0.1, -0.05) is 31.4 Å². The summed E-state index contributed by atoms with van der Waals surface area (Å²) in [6, 6.07) is 6.78. The summed E-state index contributed by atoms with van der Waals surface area (Å²) < 4.78 is 13.7. The molecule has 1 aromatic carbocycles. The number of benzene rings is 1. The molecule has 0 radical (unpaired) electrons. The summed E-state index contributed by atoms with van der Waals surface area (Å²) in [6.45, 7) is 1.73. The molecule has 1 fully saturated rings. The molecule has 0 unspecified atom stereocenters. The summed E-state index contributed by atoms with van der Waals surface area (Å²) in [5.74, 6) is -0.833. The highest BCUT2D eigenvalue weighted by atomic mass is 19.1. The van der Waals surface area contributed by atoms with Crippen LogP contribution in [0.5, 0.6) is 0 Å². The monoisotopic (exact) mass is 260 g/mol. The Bertz CT molecular complexity index is 507. The van der Waals surface area contributed by atoms with Crippen molar-refractivity contribution in [3.05, 3.63) is 29.6 Å². The molecule has 100 valence electrons. The van der Waals surface area contributed by atoms with Crippen LogP contribution in [0.1, 0.15) is 37.7 Å². The van der Waals surface area contributed by atoms with Gasteiger partial charge in [0, 0.05) is 0 Å². The average molecular weight is 260 g/mol. The van der Waals surface area contributed by atoms with Gasteiger partial charge in [0.25, 0.3) is 0 Å². The molecule has 0 saturated heterocycles. The van der Waals surface area contributed by atoms with E-state index >= 15 is 0 Å². The van der Waals surface area contributed by atoms with Crippen LogP contribution < -0.4 is 5.32 Å². The number of hydrogen-bond donors (Lipinski definition) is 1. The zero-order chi connectivity index (χ0) is 13.9. The smallest absolute Gasteiger partial charge is 0.244 e. The predicted octanol–water partition coefficient (Wildman–Crippen LogP) is 3.55. The summed E-state index contributed by atoms with van der Waals surface area (Å²) in [7, 11) is 0. The Balaban J connectivity index is 2.23. The Morgan fingerprint density at radius 3 is 2.63 bits per heavy atom. The number of para-hydroxylation sites is 1. The summed E-state index contributed by atoms with van der Waals surface area (Å²) in [5, 5.41) is 11.9. The van der Waals surface area contributed by atoms with Crippen LogP contribution in [0.2, 0.25) is 0 Å². The highest BCUT2D eigenvalue weighted by Crippen LogP contribution is 2.37. The van der Waals surface area contributed by atoms with E-state index in [0.29, 0.717) is 18.4 Å². The van der Waals surface area contributed by atoms with Crippen molar-refractivity contribution in [1.82, 2.24) is 0 Å². The first-order valence-electron chi connectivity index (χ1n) is 6.57. The van der Waals surface area contributed by atoms with E-state index in [1.54, 1.807) is 19.1 Å². The van der Waals surface area contributed by atoms with Crippen LogP contribution in [-0.4, -0.2) is 5.91 Å². The fourth-order valence-corrected chi connectivity index (χ4v) is 2.57. The van der Waals surface area contributed by atoms with Gasteiger partial charge in [-0.3, -0.25) is 4.79 Å². The number of nitrogens with one attached hydrogen (secondary N) is 1. The molecule has 0 heterocycles. The molecule has 0 aromatic heterocycles.